The predicted octanol–water partition coefficient (Wildman–Crippen LogP) is 2.04. The van der Waals surface area contributed by atoms with Crippen LogP contribution in [0.2, 0.25) is 0 Å². The van der Waals surface area contributed by atoms with Crippen molar-refractivity contribution in [3.05, 3.63) is 65.5 Å². The van der Waals surface area contributed by atoms with Gasteiger partial charge in [-0.15, -0.1) is 0 Å². The van der Waals surface area contributed by atoms with Crippen LogP contribution in [-0.2, 0) is 27.8 Å². The number of hydrogen-bond acceptors (Lipinski definition) is 4. The van der Waals surface area contributed by atoms with Crippen molar-refractivity contribution in [3.8, 4) is 0 Å². The maximum absolute atomic E-state index is 12.8. The van der Waals surface area contributed by atoms with Crippen molar-refractivity contribution in [2.24, 2.45) is 0 Å². The van der Waals surface area contributed by atoms with Crippen LogP contribution in [0.4, 0.5) is 4.39 Å². The van der Waals surface area contributed by atoms with Crippen molar-refractivity contribution in [1.82, 2.24) is 10.0 Å². The molecule has 0 aromatic heterocycles. The van der Waals surface area contributed by atoms with Crippen LogP contribution in [0, 0.1) is 5.82 Å². The van der Waals surface area contributed by atoms with Gasteiger partial charge in [-0.2, -0.15) is 0 Å². The molecule has 0 radical (unpaired) electrons. The molecule has 0 aliphatic heterocycles. The Hall–Kier alpha value is -1.80. The number of nitrogens with one attached hydrogen (secondary N) is 2. The maximum Gasteiger partial charge on any atom is 0.240 e. The highest BCUT2D eigenvalue weighted by Gasteiger charge is 2.12. The van der Waals surface area contributed by atoms with E-state index in [0.29, 0.717) is 19.7 Å². The van der Waals surface area contributed by atoms with Crippen molar-refractivity contribution in [2.75, 3.05) is 20.3 Å². The monoisotopic (exact) mass is 352 g/mol. The second kappa shape index (κ2) is 8.89. The number of benzene rings is 2. The predicted molar refractivity (Wildman–Crippen MR) is 90.5 cm³/mol. The van der Waals surface area contributed by atoms with Crippen molar-refractivity contribution >= 4 is 10.0 Å². The molecular weight excluding hydrogens is 331 g/mol. The minimum Gasteiger partial charge on any atom is -0.383 e. The molecule has 0 atom stereocenters. The number of halogens is 1. The summed E-state index contributed by atoms with van der Waals surface area (Å²) < 4.78 is 44.2. The Morgan fingerprint density at radius 1 is 0.958 bits per heavy atom. The first kappa shape index (κ1) is 18.5. The zero-order valence-electron chi connectivity index (χ0n) is 13.5. The van der Waals surface area contributed by atoms with E-state index in [1.165, 1.54) is 19.2 Å². The van der Waals surface area contributed by atoms with Crippen LogP contribution in [0.15, 0.2) is 53.4 Å². The molecular formula is C17H21FN2O3S. The summed E-state index contributed by atoms with van der Waals surface area (Å²) in [6, 6.07) is 13.0. The van der Waals surface area contributed by atoms with Crippen molar-refractivity contribution < 1.29 is 17.5 Å². The zero-order chi connectivity index (χ0) is 17.4. The molecule has 130 valence electrons. The van der Waals surface area contributed by atoms with Gasteiger partial charge in [0, 0.05) is 26.7 Å². The molecule has 2 aromatic rings. The Labute approximate surface area is 141 Å². The minimum atomic E-state index is -3.50. The maximum atomic E-state index is 12.8. The van der Waals surface area contributed by atoms with Gasteiger partial charge < -0.3 is 10.1 Å². The first-order valence-electron chi connectivity index (χ1n) is 7.54. The molecule has 0 saturated carbocycles. The molecule has 24 heavy (non-hydrogen) atoms. The molecule has 0 fully saturated rings. The second-order valence-corrected chi connectivity index (χ2v) is 7.03. The van der Waals surface area contributed by atoms with Gasteiger partial charge in [0.1, 0.15) is 5.82 Å². The number of sulfonamides is 1. The summed E-state index contributed by atoms with van der Waals surface area (Å²) in [4.78, 5) is 0.223. The van der Waals surface area contributed by atoms with Crippen LogP contribution in [0.25, 0.3) is 0 Å². The molecule has 0 spiro atoms. The summed E-state index contributed by atoms with van der Waals surface area (Å²) in [6.45, 7) is 1.76. The summed E-state index contributed by atoms with van der Waals surface area (Å²) in [7, 11) is -1.99. The second-order valence-electron chi connectivity index (χ2n) is 5.26. The van der Waals surface area contributed by atoms with Crippen molar-refractivity contribution in [3.63, 3.8) is 0 Å². The Bertz CT molecular complexity index is 731. The van der Waals surface area contributed by atoms with Crippen molar-refractivity contribution in [2.45, 2.75) is 18.0 Å². The van der Waals surface area contributed by atoms with E-state index in [9.17, 15) is 12.8 Å². The zero-order valence-corrected chi connectivity index (χ0v) is 14.3. The third-order valence-corrected chi connectivity index (χ3v) is 4.88. The topological polar surface area (TPSA) is 67.4 Å². The number of ether oxygens (including phenoxy) is 1. The Morgan fingerprint density at radius 3 is 2.04 bits per heavy atom. The molecule has 0 unspecified atom stereocenters. The van der Waals surface area contributed by atoms with Gasteiger partial charge in [0.05, 0.1) is 11.5 Å². The Morgan fingerprint density at radius 2 is 1.50 bits per heavy atom. The fraction of sp³-hybridized carbons (Fsp3) is 0.294. The van der Waals surface area contributed by atoms with E-state index in [0.717, 1.165) is 11.1 Å². The molecule has 0 aliphatic carbocycles. The van der Waals surface area contributed by atoms with E-state index < -0.39 is 10.0 Å². The van der Waals surface area contributed by atoms with E-state index in [1.54, 1.807) is 36.4 Å². The van der Waals surface area contributed by atoms with Crippen molar-refractivity contribution in [1.29, 1.82) is 0 Å². The van der Waals surface area contributed by atoms with Gasteiger partial charge in [-0.1, -0.05) is 24.3 Å². The van der Waals surface area contributed by atoms with E-state index >= 15 is 0 Å². The lowest BCUT2D eigenvalue weighted by molar-refractivity contribution is 0.204. The Kier molecular flexibility index (Phi) is 6.86. The molecule has 2 N–H and O–H groups in total. The quantitative estimate of drug-likeness (QED) is 0.678. The fourth-order valence-corrected chi connectivity index (χ4v) is 3.11. The highest BCUT2D eigenvalue weighted by Crippen LogP contribution is 2.10. The largest absolute Gasteiger partial charge is 0.383 e. The van der Waals surface area contributed by atoms with Gasteiger partial charge in [0.2, 0.25) is 10.0 Å². The first-order chi connectivity index (χ1) is 11.5. The number of methoxy groups -OCH3 is 1. The molecule has 0 bridgehead atoms. The molecule has 2 aromatic carbocycles. The molecule has 0 aliphatic rings. The third-order valence-electron chi connectivity index (χ3n) is 3.40. The van der Waals surface area contributed by atoms with Crippen LogP contribution in [0.5, 0.6) is 0 Å². The highest BCUT2D eigenvalue weighted by atomic mass is 32.2. The highest BCUT2D eigenvalue weighted by molar-refractivity contribution is 7.89. The molecule has 2 rings (SSSR count). The Balaban J connectivity index is 1.86. The standard InChI is InChI=1S/C17H21FN2O3S/c1-23-11-10-20-24(21,22)17-8-4-15(5-9-17)13-19-12-14-2-6-16(18)7-3-14/h2-9,19-20H,10-13H2,1H3. The van der Waals surface area contributed by atoms with Crippen LogP contribution < -0.4 is 10.0 Å². The molecule has 0 amide bonds. The smallest absolute Gasteiger partial charge is 0.240 e. The normalized spacial score (nSPS) is 11.6. The molecule has 0 heterocycles. The third kappa shape index (κ3) is 5.68. The molecule has 0 saturated heterocycles. The SMILES string of the molecule is COCCNS(=O)(=O)c1ccc(CNCc2ccc(F)cc2)cc1. The number of hydrogen-bond donors (Lipinski definition) is 2. The van der Waals surface area contributed by atoms with E-state index in [-0.39, 0.29) is 17.3 Å². The average molecular weight is 352 g/mol. The first-order valence-corrected chi connectivity index (χ1v) is 9.02. The van der Waals surface area contributed by atoms with Crippen LogP contribution >= 0.6 is 0 Å². The van der Waals surface area contributed by atoms with Crippen LogP contribution in [-0.4, -0.2) is 28.7 Å². The molecule has 5 nitrogen and oxygen atoms in total. The van der Waals surface area contributed by atoms with E-state index in [4.69, 9.17) is 4.74 Å². The summed E-state index contributed by atoms with van der Waals surface area (Å²) >= 11 is 0. The number of rotatable bonds is 9. The minimum absolute atomic E-state index is 0.223. The van der Waals surface area contributed by atoms with Gasteiger partial charge in [0.15, 0.2) is 0 Å². The van der Waals surface area contributed by atoms with E-state index in [2.05, 4.69) is 10.0 Å². The van der Waals surface area contributed by atoms with Gasteiger partial charge in [-0.25, -0.2) is 17.5 Å². The van der Waals surface area contributed by atoms with Crippen LogP contribution in [0.3, 0.4) is 0 Å². The molecule has 7 heteroatoms. The lowest BCUT2D eigenvalue weighted by Crippen LogP contribution is -2.27. The van der Waals surface area contributed by atoms with Gasteiger partial charge in [0.25, 0.3) is 0 Å². The van der Waals surface area contributed by atoms with Crippen LogP contribution in [0.1, 0.15) is 11.1 Å². The summed E-state index contributed by atoms with van der Waals surface area (Å²) in [5.74, 6) is -0.255. The summed E-state index contributed by atoms with van der Waals surface area (Å²) in [5, 5.41) is 3.23. The summed E-state index contributed by atoms with van der Waals surface area (Å²) in [6.07, 6.45) is 0. The van der Waals surface area contributed by atoms with E-state index in [1.807, 2.05) is 0 Å². The summed E-state index contributed by atoms with van der Waals surface area (Å²) in [5.41, 5.74) is 1.95. The lowest BCUT2D eigenvalue weighted by atomic mass is 10.2. The van der Waals surface area contributed by atoms with Gasteiger partial charge in [-0.05, 0) is 35.4 Å². The lowest BCUT2D eigenvalue weighted by Gasteiger charge is -2.08. The van der Waals surface area contributed by atoms with Gasteiger partial charge in [-0.3, -0.25) is 0 Å². The fourth-order valence-electron chi connectivity index (χ4n) is 2.10. The van der Waals surface area contributed by atoms with Gasteiger partial charge >= 0.3 is 0 Å². The average Bonchev–Trinajstić information content (AvgIpc) is 2.57.